The van der Waals surface area contributed by atoms with Crippen molar-refractivity contribution in [3.05, 3.63) is 23.3 Å². The molecule has 1 saturated carbocycles. The predicted molar refractivity (Wildman–Crippen MR) is 104 cm³/mol. The Kier molecular flexibility index (Phi) is 4.96. The van der Waals surface area contributed by atoms with Crippen LogP contribution in [0, 0.1) is 0 Å². The Morgan fingerprint density at radius 1 is 1.31 bits per heavy atom. The van der Waals surface area contributed by atoms with Gasteiger partial charge < -0.3 is 19.7 Å². The summed E-state index contributed by atoms with van der Waals surface area (Å²) >= 11 is 0. The van der Waals surface area contributed by atoms with Crippen molar-refractivity contribution in [2.75, 3.05) is 26.2 Å². The number of aliphatic imine (C=N–C) groups is 1. The number of hydrogen-bond acceptors (Lipinski definition) is 3. The average molecular weight is 357 g/mol. The molecule has 26 heavy (non-hydrogen) atoms. The lowest BCUT2D eigenvalue weighted by Crippen LogP contribution is -2.41. The van der Waals surface area contributed by atoms with Gasteiger partial charge in [0.25, 0.3) is 0 Å². The molecular formula is C21H31N3O2. The fourth-order valence-corrected chi connectivity index (χ4v) is 4.21. The second-order valence-corrected chi connectivity index (χ2v) is 7.65. The molecule has 0 bridgehead atoms. The minimum absolute atomic E-state index is 0.265. The van der Waals surface area contributed by atoms with Crippen LogP contribution in [0.15, 0.2) is 17.1 Å². The molecule has 5 heteroatoms. The number of fused-ring (bicyclic) bond motifs is 1. The van der Waals surface area contributed by atoms with Crippen LogP contribution in [0.25, 0.3) is 0 Å². The van der Waals surface area contributed by atoms with Crippen molar-refractivity contribution in [1.82, 2.24) is 10.2 Å². The summed E-state index contributed by atoms with van der Waals surface area (Å²) in [4.78, 5) is 7.12. The first kappa shape index (κ1) is 17.5. The first-order chi connectivity index (χ1) is 12.7. The highest BCUT2D eigenvalue weighted by Crippen LogP contribution is 2.48. The van der Waals surface area contributed by atoms with Gasteiger partial charge in [-0.05, 0) is 52.2 Å². The molecule has 0 amide bonds. The minimum Gasteiger partial charge on any atom is -0.494 e. The highest BCUT2D eigenvalue weighted by atomic mass is 16.5. The number of nitrogens with one attached hydrogen (secondary N) is 1. The van der Waals surface area contributed by atoms with Gasteiger partial charge in [-0.3, -0.25) is 4.99 Å². The standard InChI is InChI=1S/C21H31N3O2/c1-4-22-21(24-8-6-7-9-24)23-18-12-16(18)17-13-19-15(10-14(3)26-19)11-20(17)25-5-2/h11,13-14,16,18H,4-10,12H2,1-3H3,(H,22,23). The van der Waals surface area contributed by atoms with Crippen LogP contribution in [0.4, 0.5) is 0 Å². The van der Waals surface area contributed by atoms with E-state index in [1.165, 1.54) is 24.0 Å². The smallest absolute Gasteiger partial charge is 0.194 e. The Morgan fingerprint density at radius 2 is 2.12 bits per heavy atom. The number of ether oxygens (including phenoxy) is 2. The summed E-state index contributed by atoms with van der Waals surface area (Å²) in [5, 5.41) is 3.71. The van der Waals surface area contributed by atoms with Crippen LogP contribution in [0.3, 0.4) is 0 Å². The van der Waals surface area contributed by atoms with E-state index in [0.29, 0.717) is 18.6 Å². The molecule has 0 radical (unpaired) electrons. The van der Waals surface area contributed by atoms with Crippen LogP contribution < -0.4 is 14.8 Å². The molecule has 2 heterocycles. The van der Waals surface area contributed by atoms with Crippen molar-refractivity contribution in [3.8, 4) is 11.5 Å². The molecule has 0 aromatic heterocycles. The van der Waals surface area contributed by atoms with E-state index < -0.39 is 0 Å². The van der Waals surface area contributed by atoms with Crippen LogP contribution in [0.2, 0.25) is 0 Å². The molecule has 1 aromatic rings. The lowest BCUT2D eigenvalue weighted by molar-refractivity contribution is 0.254. The lowest BCUT2D eigenvalue weighted by Gasteiger charge is -2.21. The van der Waals surface area contributed by atoms with E-state index in [-0.39, 0.29) is 6.10 Å². The Morgan fingerprint density at radius 3 is 2.85 bits per heavy atom. The summed E-state index contributed by atoms with van der Waals surface area (Å²) < 4.78 is 12.0. The molecule has 3 atom stereocenters. The third kappa shape index (κ3) is 3.49. The van der Waals surface area contributed by atoms with E-state index in [0.717, 1.165) is 49.9 Å². The van der Waals surface area contributed by atoms with E-state index >= 15 is 0 Å². The highest BCUT2D eigenvalue weighted by molar-refractivity contribution is 5.81. The van der Waals surface area contributed by atoms with Crippen LogP contribution in [0.1, 0.15) is 57.1 Å². The number of rotatable bonds is 5. The summed E-state index contributed by atoms with van der Waals surface area (Å²) in [6, 6.07) is 4.87. The van der Waals surface area contributed by atoms with Gasteiger partial charge in [0.15, 0.2) is 5.96 Å². The number of guanidine groups is 1. The minimum atomic E-state index is 0.265. The quantitative estimate of drug-likeness (QED) is 0.649. The summed E-state index contributed by atoms with van der Waals surface area (Å²) in [7, 11) is 0. The fraction of sp³-hybridized carbons (Fsp3) is 0.667. The zero-order valence-corrected chi connectivity index (χ0v) is 16.3. The summed E-state index contributed by atoms with van der Waals surface area (Å²) in [6.45, 7) is 10.1. The molecular weight excluding hydrogens is 326 g/mol. The van der Waals surface area contributed by atoms with Gasteiger partial charge in [0.05, 0.1) is 6.61 Å². The largest absolute Gasteiger partial charge is 0.494 e. The van der Waals surface area contributed by atoms with E-state index in [1.54, 1.807) is 0 Å². The van der Waals surface area contributed by atoms with Gasteiger partial charge in [0.1, 0.15) is 17.6 Å². The molecule has 4 rings (SSSR count). The third-order valence-electron chi connectivity index (χ3n) is 5.55. The Bertz CT molecular complexity index is 682. The molecule has 1 aromatic carbocycles. The second-order valence-electron chi connectivity index (χ2n) is 7.65. The monoisotopic (exact) mass is 357 g/mol. The lowest BCUT2D eigenvalue weighted by atomic mass is 10.0. The van der Waals surface area contributed by atoms with Gasteiger partial charge in [-0.2, -0.15) is 0 Å². The molecule has 1 N–H and O–H groups in total. The Labute approximate surface area is 156 Å². The van der Waals surface area contributed by atoms with Crippen molar-refractivity contribution in [2.45, 2.75) is 64.5 Å². The van der Waals surface area contributed by atoms with Crippen LogP contribution in [0.5, 0.6) is 11.5 Å². The van der Waals surface area contributed by atoms with E-state index in [9.17, 15) is 0 Å². The number of benzene rings is 1. The molecule has 1 saturated heterocycles. The normalized spacial score (nSPS) is 27.3. The highest BCUT2D eigenvalue weighted by Gasteiger charge is 2.42. The summed E-state index contributed by atoms with van der Waals surface area (Å²) in [6.07, 6.45) is 4.91. The maximum Gasteiger partial charge on any atom is 0.194 e. The Hall–Kier alpha value is -1.91. The number of hydrogen-bond donors (Lipinski definition) is 1. The summed E-state index contributed by atoms with van der Waals surface area (Å²) in [5.74, 6) is 3.64. The van der Waals surface area contributed by atoms with Crippen LogP contribution >= 0.6 is 0 Å². The van der Waals surface area contributed by atoms with Crippen LogP contribution in [-0.2, 0) is 6.42 Å². The van der Waals surface area contributed by atoms with E-state index in [4.69, 9.17) is 14.5 Å². The molecule has 0 spiro atoms. The maximum atomic E-state index is 5.99. The number of likely N-dealkylation sites (tertiary alicyclic amines) is 1. The topological polar surface area (TPSA) is 46.1 Å². The van der Waals surface area contributed by atoms with Gasteiger partial charge in [-0.1, -0.05) is 0 Å². The van der Waals surface area contributed by atoms with E-state index in [1.807, 2.05) is 0 Å². The predicted octanol–water partition coefficient (Wildman–Crippen LogP) is 3.33. The van der Waals surface area contributed by atoms with Gasteiger partial charge >= 0.3 is 0 Å². The molecule has 2 fully saturated rings. The van der Waals surface area contributed by atoms with Crippen molar-refractivity contribution < 1.29 is 9.47 Å². The molecule has 2 aliphatic heterocycles. The van der Waals surface area contributed by atoms with Gasteiger partial charge in [0, 0.05) is 49.1 Å². The molecule has 1 aliphatic carbocycles. The van der Waals surface area contributed by atoms with E-state index in [2.05, 4.69) is 43.1 Å². The van der Waals surface area contributed by atoms with Crippen molar-refractivity contribution >= 4 is 5.96 Å². The summed E-state index contributed by atoms with van der Waals surface area (Å²) in [5.41, 5.74) is 2.56. The third-order valence-corrected chi connectivity index (χ3v) is 5.55. The molecule has 5 nitrogen and oxygen atoms in total. The SMILES string of the molecule is CCN=C(NC1CC1c1cc2c(cc1OCC)CC(C)O2)N1CCCC1. The van der Waals surface area contributed by atoms with Gasteiger partial charge in [-0.15, -0.1) is 0 Å². The zero-order valence-electron chi connectivity index (χ0n) is 16.3. The maximum absolute atomic E-state index is 5.99. The van der Waals surface area contributed by atoms with Gasteiger partial charge in [-0.25, -0.2) is 0 Å². The van der Waals surface area contributed by atoms with Crippen molar-refractivity contribution in [1.29, 1.82) is 0 Å². The van der Waals surface area contributed by atoms with Gasteiger partial charge in [0.2, 0.25) is 0 Å². The van der Waals surface area contributed by atoms with Crippen molar-refractivity contribution in [2.24, 2.45) is 4.99 Å². The zero-order chi connectivity index (χ0) is 18.1. The van der Waals surface area contributed by atoms with Crippen LogP contribution in [-0.4, -0.2) is 49.2 Å². The molecule has 142 valence electrons. The first-order valence-electron chi connectivity index (χ1n) is 10.2. The van der Waals surface area contributed by atoms with Crippen molar-refractivity contribution in [3.63, 3.8) is 0 Å². The molecule has 3 unspecified atom stereocenters. The second kappa shape index (κ2) is 7.37. The first-order valence-corrected chi connectivity index (χ1v) is 10.2. The average Bonchev–Trinajstić information content (AvgIpc) is 3.02. The Balaban J connectivity index is 1.50. The fourth-order valence-electron chi connectivity index (χ4n) is 4.21. The number of nitrogens with zero attached hydrogens (tertiary/aromatic N) is 2. The molecule has 3 aliphatic rings.